The molecule has 108 valence electrons. The van der Waals surface area contributed by atoms with Crippen molar-refractivity contribution in [1.29, 1.82) is 0 Å². The van der Waals surface area contributed by atoms with E-state index in [1.54, 1.807) is 0 Å². The van der Waals surface area contributed by atoms with Gasteiger partial charge in [-0.15, -0.1) is 0 Å². The van der Waals surface area contributed by atoms with Gasteiger partial charge in [0, 0.05) is 5.92 Å². The Labute approximate surface area is 118 Å². The van der Waals surface area contributed by atoms with E-state index in [0.717, 1.165) is 24.8 Å². The topological polar surface area (TPSA) is 52.6 Å². The number of rotatable bonds is 0. The van der Waals surface area contributed by atoms with Crippen LogP contribution < -0.4 is 0 Å². The molecule has 0 N–H and O–H groups in total. The molecule has 4 nitrogen and oxygen atoms in total. The highest BCUT2D eigenvalue weighted by Crippen LogP contribution is 2.64. The van der Waals surface area contributed by atoms with E-state index >= 15 is 0 Å². The van der Waals surface area contributed by atoms with Crippen LogP contribution >= 0.6 is 0 Å². The monoisotopic (exact) mass is 276 g/mol. The molecule has 4 rings (SSSR count). The van der Waals surface area contributed by atoms with Crippen molar-refractivity contribution in [3.8, 4) is 0 Å². The Kier molecular flexibility index (Phi) is 2.27. The van der Waals surface area contributed by atoms with Gasteiger partial charge in [-0.1, -0.05) is 13.3 Å². The second kappa shape index (κ2) is 3.66. The molecule has 20 heavy (non-hydrogen) atoms. The lowest BCUT2D eigenvalue weighted by atomic mass is 9.48. The van der Waals surface area contributed by atoms with Crippen molar-refractivity contribution in [2.75, 3.05) is 6.61 Å². The van der Waals surface area contributed by atoms with E-state index in [9.17, 15) is 9.59 Å². The highest BCUT2D eigenvalue weighted by atomic mass is 16.6. The van der Waals surface area contributed by atoms with Crippen LogP contribution in [0.25, 0.3) is 0 Å². The molecule has 2 unspecified atom stereocenters. The number of fused-ring (bicyclic) bond motifs is 2. The van der Waals surface area contributed by atoms with Crippen LogP contribution in [0.4, 0.5) is 0 Å². The molecule has 0 aromatic rings. The van der Waals surface area contributed by atoms with Gasteiger partial charge in [-0.2, -0.15) is 0 Å². The molecule has 4 heteroatoms. The fraction of sp³-hybridized carbons (Fsp3) is 0.750. The van der Waals surface area contributed by atoms with Crippen molar-refractivity contribution in [3.05, 3.63) is 11.6 Å². The third-order valence-electron chi connectivity index (χ3n) is 6.24. The van der Waals surface area contributed by atoms with Crippen LogP contribution in [0.5, 0.6) is 0 Å². The first-order valence-electron chi connectivity index (χ1n) is 7.52. The summed E-state index contributed by atoms with van der Waals surface area (Å²) in [6, 6.07) is 0. The summed E-state index contributed by atoms with van der Waals surface area (Å²) in [5.74, 6) is 0.264. The lowest BCUT2D eigenvalue weighted by Crippen LogP contribution is -2.54. The first kappa shape index (κ1) is 12.4. The van der Waals surface area contributed by atoms with Gasteiger partial charge < -0.3 is 9.47 Å². The smallest absolute Gasteiger partial charge is 0.312 e. The van der Waals surface area contributed by atoms with Crippen LogP contribution in [0.3, 0.4) is 0 Å². The van der Waals surface area contributed by atoms with Gasteiger partial charge in [0.15, 0.2) is 0 Å². The summed E-state index contributed by atoms with van der Waals surface area (Å²) in [6.45, 7) is 4.67. The van der Waals surface area contributed by atoms with Crippen LogP contribution in [0.15, 0.2) is 11.6 Å². The molecule has 2 saturated heterocycles. The van der Waals surface area contributed by atoms with Gasteiger partial charge in [0.2, 0.25) is 0 Å². The lowest BCUT2D eigenvalue weighted by Gasteiger charge is -2.54. The summed E-state index contributed by atoms with van der Waals surface area (Å²) in [4.78, 5) is 24.0. The number of carbonyl (C=O) groups excluding carboxylic acids is 2. The summed E-state index contributed by atoms with van der Waals surface area (Å²) in [5.41, 5.74) is 0.765. The Morgan fingerprint density at radius 2 is 2.05 bits per heavy atom. The zero-order valence-electron chi connectivity index (χ0n) is 12.0. The summed E-state index contributed by atoms with van der Waals surface area (Å²) in [6.07, 6.45) is 5.40. The average Bonchev–Trinajstić information content (AvgIpc) is 2.64. The number of cyclic esters (lactones) is 1. The highest BCUT2D eigenvalue weighted by Gasteiger charge is 2.66. The molecular formula is C16H20O4. The number of hydrogen-bond donors (Lipinski definition) is 0. The molecule has 5 atom stereocenters. The van der Waals surface area contributed by atoms with Gasteiger partial charge in [0.25, 0.3) is 0 Å². The van der Waals surface area contributed by atoms with Gasteiger partial charge in [-0.3, -0.25) is 9.59 Å². The summed E-state index contributed by atoms with van der Waals surface area (Å²) < 4.78 is 10.9. The van der Waals surface area contributed by atoms with Crippen molar-refractivity contribution in [2.24, 2.45) is 22.7 Å². The Hall–Kier alpha value is -1.32. The molecule has 0 bridgehead atoms. The van der Waals surface area contributed by atoms with Crippen molar-refractivity contribution in [2.45, 2.75) is 45.6 Å². The Bertz CT molecular complexity index is 537. The quantitative estimate of drug-likeness (QED) is 0.503. The van der Waals surface area contributed by atoms with Crippen LogP contribution in [0.2, 0.25) is 0 Å². The van der Waals surface area contributed by atoms with Gasteiger partial charge in [0.1, 0.15) is 12.7 Å². The maximum atomic E-state index is 12.3. The maximum absolute atomic E-state index is 12.3. The molecule has 0 aromatic heterocycles. The number of esters is 2. The SMILES string of the molecule is C[C@@]12CCC[C@]3(C)C(=O)OC(C=C4COC(=O)C[C@@H]41)C23. The van der Waals surface area contributed by atoms with Crippen LogP contribution in [-0.2, 0) is 19.1 Å². The van der Waals surface area contributed by atoms with E-state index in [2.05, 4.69) is 19.9 Å². The first-order valence-corrected chi connectivity index (χ1v) is 7.52. The van der Waals surface area contributed by atoms with Crippen LogP contribution in [-0.4, -0.2) is 24.6 Å². The lowest BCUT2D eigenvalue weighted by molar-refractivity contribution is -0.152. The largest absolute Gasteiger partial charge is 0.461 e. The second-order valence-electron chi connectivity index (χ2n) is 7.28. The summed E-state index contributed by atoms with van der Waals surface area (Å²) in [5, 5.41) is 0. The molecule has 1 saturated carbocycles. The molecule has 2 aliphatic carbocycles. The average molecular weight is 276 g/mol. The second-order valence-corrected chi connectivity index (χ2v) is 7.28. The maximum Gasteiger partial charge on any atom is 0.312 e. The van der Waals surface area contributed by atoms with Crippen molar-refractivity contribution >= 4 is 11.9 Å². The zero-order chi connectivity index (χ0) is 14.1. The molecule has 2 aliphatic heterocycles. The van der Waals surface area contributed by atoms with E-state index in [0.29, 0.717) is 13.0 Å². The van der Waals surface area contributed by atoms with E-state index in [-0.39, 0.29) is 40.7 Å². The third kappa shape index (κ3) is 1.32. The zero-order valence-corrected chi connectivity index (χ0v) is 12.0. The van der Waals surface area contributed by atoms with Gasteiger partial charge in [0.05, 0.1) is 11.8 Å². The molecule has 2 heterocycles. The Morgan fingerprint density at radius 1 is 1.25 bits per heavy atom. The number of hydrogen-bond acceptors (Lipinski definition) is 4. The molecular weight excluding hydrogens is 256 g/mol. The van der Waals surface area contributed by atoms with E-state index in [1.807, 2.05) is 0 Å². The number of carbonyl (C=O) groups is 2. The van der Waals surface area contributed by atoms with Crippen LogP contribution in [0.1, 0.15) is 39.5 Å². The predicted molar refractivity (Wildman–Crippen MR) is 70.6 cm³/mol. The fourth-order valence-corrected chi connectivity index (χ4v) is 5.34. The van der Waals surface area contributed by atoms with E-state index in [1.165, 1.54) is 0 Å². The third-order valence-corrected chi connectivity index (χ3v) is 6.24. The minimum atomic E-state index is -0.374. The highest BCUT2D eigenvalue weighted by molar-refractivity contribution is 5.81. The van der Waals surface area contributed by atoms with Crippen molar-refractivity contribution in [3.63, 3.8) is 0 Å². The minimum Gasteiger partial charge on any atom is -0.461 e. The molecule has 0 amide bonds. The summed E-state index contributed by atoms with van der Waals surface area (Å²) >= 11 is 0. The molecule has 0 spiro atoms. The predicted octanol–water partition coefficient (Wildman–Crippen LogP) is 2.23. The molecule has 0 aromatic carbocycles. The first-order chi connectivity index (χ1) is 9.45. The van der Waals surface area contributed by atoms with Gasteiger partial charge in [-0.25, -0.2) is 0 Å². The standard InChI is InChI=1S/C16H20O4/c1-15-4-3-5-16(2)13(15)11(20-14(16)18)6-9-8-19-12(17)7-10(9)15/h6,10-11,13H,3-5,7-8H2,1-2H3/t10-,11?,13?,15+,16-/m0/s1. The molecule has 4 aliphatic rings. The normalized spacial score (nSPS) is 49.7. The number of ether oxygens (including phenoxy) is 2. The van der Waals surface area contributed by atoms with Crippen molar-refractivity contribution in [1.82, 2.24) is 0 Å². The minimum absolute atomic E-state index is 0.0205. The fourth-order valence-electron chi connectivity index (χ4n) is 5.34. The van der Waals surface area contributed by atoms with Crippen LogP contribution in [0, 0.1) is 22.7 Å². The van der Waals surface area contributed by atoms with E-state index in [4.69, 9.17) is 9.47 Å². The Morgan fingerprint density at radius 3 is 2.85 bits per heavy atom. The Balaban J connectivity index is 1.85. The van der Waals surface area contributed by atoms with E-state index < -0.39 is 0 Å². The molecule has 3 fully saturated rings. The summed E-state index contributed by atoms with van der Waals surface area (Å²) in [7, 11) is 0. The van der Waals surface area contributed by atoms with Gasteiger partial charge >= 0.3 is 11.9 Å². The molecule has 0 radical (unpaired) electrons. The van der Waals surface area contributed by atoms with Gasteiger partial charge in [-0.05, 0) is 42.7 Å². The van der Waals surface area contributed by atoms with Crippen molar-refractivity contribution < 1.29 is 19.1 Å².